The van der Waals surface area contributed by atoms with Crippen molar-refractivity contribution >= 4 is 16.8 Å². The molecule has 0 spiro atoms. The lowest BCUT2D eigenvalue weighted by Crippen LogP contribution is -2.46. The number of aryl methyl sites for hydroxylation is 1. The van der Waals surface area contributed by atoms with Gasteiger partial charge in [-0.15, -0.1) is 0 Å². The van der Waals surface area contributed by atoms with Crippen LogP contribution in [0.1, 0.15) is 52.0 Å². The van der Waals surface area contributed by atoms with E-state index in [9.17, 15) is 4.79 Å². The molecule has 2 bridgehead atoms. The van der Waals surface area contributed by atoms with Crippen LogP contribution in [-0.2, 0) is 11.2 Å². The first-order valence-corrected chi connectivity index (χ1v) is 9.26. The smallest absolute Gasteiger partial charge is 0.220 e. The first-order chi connectivity index (χ1) is 11.4. The minimum absolute atomic E-state index is 0.204. The molecule has 0 radical (unpaired) electrons. The highest BCUT2D eigenvalue weighted by molar-refractivity contribution is 5.84. The zero-order valence-electron chi connectivity index (χ0n) is 15.0. The van der Waals surface area contributed by atoms with Gasteiger partial charge in [-0.3, -0.25) is 4.79 Å². The van der Waals surface area contributed by atoms with Crippen molar-refractivity contribution in [1.82, 2.24) is 10.3 Å². The SMILES string of the molecule is CC1(C)[C@H]2CC[C@@]1(C)[C@@H](NC(=O)CCc1c[nH]c3ccccc13)C2. The fourth-order valence-electron chi connectivity index (χ4n) is 5.28. The Morgan fingerprint density at radius 2 is 2.08 bits per heavy atom. The first kappa shape index (κ1) is 15.7. The van der Waals surface area contributed by atoms with Crippen molar-refractivity contribution in [3.63, 3.8) is 0 Å². The third kappa shape index (κ3) is 2.21. The van der Waals surface area contributed by atoms with Crippen LogP contribution in [0.25, 0.3) is 10.9 Å². The number of nitrogens with one attached hydrogen (secondary N) is 2. The second-order valence-electron chi connectivity index (χ2n) is 8.59. The van der Waals surface area contributed by atoms with Gasteiger partial charge in [-0.2, -0.15) is 0 Å². The summed E-state index contributed by atoms with van der Waals surface area (Å²) < 4.78 is 0. The maximum atomic E-state index is 12.5. The maximum absolute atomic E-state index is 12.5. The number of H-pyrrole nitrogens is 1. The minimum Gasteiger partial charge on any atom is -0.361 e. The van der Waals surface area contributed by atoms with Crippen molar-refractivity contribution in [2.75, 3.05) is 0 Å². The fraction of sp³-hybridized carbons (Fsp3) is 0.571. The van der Waals surface area contributed by atoms with Crippen molar-refractivity contribution in [1.29, 1.82) is 0 Å². The monoisotopic (exact) mass is 324 g/mol. The summed E-state index contributed by atoms with van der Waals surface area (Å²) in [6, 6.07) is 8.64. The van der Waals surface area contributed by atoms with E-state index in [4.69, 9.17) is 0 Å². The Labute approximate surface area is 144 Å². The van der Waals surface area contributed by atoms with Gasteiger partial charge in [0.05, 0.1) is 0 Å². The first-order valence-electron chi connectivity index (χ1n) is 9.26. The molecule has 0 saturated heterocycles. The summed E-state index contributed by atoms with van der Waals surface area (Å²) in [5.41, 5.74) is 2.99. The van der Waals surface area contributed by atoms with Crippen molar-refractivity contribution in [2.45, 2.75) is 58.9 Å². The van der Waals surface area contributed by atoms with Crippen LogP contribution in [0.5, 0.6) is 0 Å². The van der Waals surface area contributed by atoms with E-state index in [1.54, 1.807) is 0 Å². The van der Waals surface area contributed by atoms with E-state index >= 15 is 0 Å². The van der Waals surface area contributed by atoms with Crippen LogP contribution in [0.15, 0.2) is 30.5 Å². The summed E-state index contributed by atoms with van der Waals surface area (Å²) in [4.78, 5) is 15.8. The molecule has 24 heavy (non-hydrogen) atoms. The second kappa shape index (κ2) is 5.37. The molecule has 128 valence electrons. The zero-order valence-corrected chi connectivity index (χ0v) is 15.0. The third-order valence-electron chi connectivity index (χ3n) is 7.43. The number of carbonyl (C=O) groups is 1. The molecule has 1 aromatic carbocycles. The van der Waals surface area contributed by atoms with E-state index < -0.39 is 0 Å². The number of aromatic amines is 1. The van der Waals surface area contributed by atoms with E-state index in [0.29, 0.717) is 17.9 Å². The normalized spacial score (nSPS) is 30.8. The molecule has 0 aliphatic heterocycles. The third-order valence-corrected chi connectivity index (χ3v) is 7.43. The number of benzene rings is 1. The lowest BCUT2D eigenvalue weighted by molar-refractivity contribution is -0.122. The average molecular weight is 324 g/mol. The van der Waals surface area contributed by atoms with Crippen LogP contribution >= 0.6 is 0 Å². The molecule has 1 aromatic heterocycles. The Morgan fingerprint density at radius 3 is 2.79 bits per heavy atom. The van der Waals surface area contributed by atoms with Crippen LogP contribution in [0, 0.1) is 16.7 Å². The topological polar surface area (TPSA) is 44.9 Å². The van der Waals surface area contributed by atoms with E-state index in [0.717, 1.165) is 24.3 Å². The molecule has 2 fully saturated rings. The van der Waals surface area contributed by atoms with E-state index in [1.807, 2.05) is 12.3 Å². The predicted octanol–water partition coefficient (Wildman–Crippen LogP) is 4.43. The predicted molar refractivity (Wildman–Crippen MR) is 97.8 cm³/mol. The maximum Gasteiger partial charge on any atom is 0.220 e. The summed E-state index contributed by atoms with van der Waals surface area (Å²) >= 11 is 0. The molecule has 1 heterocycles. The van der Waals surface area contributed by atoms with Gasteiger partial charge in [0.1, 0.15) is 0 Å². The van der Waals surface area contributed by atoms with Gasteiger partial charge in [-0.05, 0) is 54.1 Å². The standard InChI is InChI=1S/C21H28N2O/c1-20(2)15-10-11-21(20,3)18(12-15)23-19(24)9-8-14-13-22-17-7-5-4-6-16(14)17/h4-7,13,15,18,22H,8-12H2,1-3H3,(H,23,24)/t15-,18-,21-/m0/s1. The molecule has 3 nitrogen and oxygen atoms in total. The summed E-state index contributed by atoms with van der Waals surface area (Å²) in [7, 11) is 0. The zero-order chi connectivity index (χ0) is 16.9. The quantitative estimate of drug-likeness (QED) is 0.858. The van der Waals surface area contributed by atoms with Crippen LogP contribution in [0.3, 0.4) is 0 Å². The summed E-state index contributed by atoms with van der Waals surface area (Å²) in [6.07, 6.45) is 7.14. The van der Waals surface area contributed by atoms with Crippen molar-refractivity contribution in [3.8, 4) is 0 Å². The van der Waals surface area contributed by atoms with Gasteiger partial charge < -0.3 is 10.3 Å². The van der Waals surface area contributed by atoms with Gasteiger partial charge in [0.2, 0.25) is 5.91 Å². The lowest BCUT2D eigenvalue weighted by Gasteiger charge is -2.39. The van der Waals surface area contributed by atoms with Crippen LogP contribution < -0.4 is 5.32 Å². The molecular weight excluding hydrogens is 296 g/mol. The number of hydrogen-bond donors (Lipinski definition) is 2. The number of aromatic nitrogens is 1. The Hall–Kier alpha value is -1.77. The lowest BCUT2D eigenvalue weighted by atomic mass is 9.69. The molecule has 2 N–H and O–H groups in total. The largest absolute Gasteiger partial charge is 0.361 e. The average Bonchev–Trinajstić information content (AvgIpc) is 3.12. The van der Waals surface area contributed by atoms with Crippen LogP contribution in [-0.4, -0.2) is 16.9 Å². The molecule has 2 aliphatic carbocycles. The van der Waals surface area contributed by atoms with Crippen molar-refractivity contribution < 1.29 is 4.79 Å². The van der Waals surface area contributed by atoms with Gasteiger partial charge >= 0.3 is 0 Å². The summed E-state index contributed by atoms with van der Waals surface area (Å²) in [6.45, 7) is 7.16. The Balaban J connectivity index is 1.40. The van der Waals surface area contributed by atoms with Gasteiger partial charge in [-0.1, -0.05) is 39.0 Å². The highest BCUT2D eigenvalue weighted by atomic mass is 16.1. The fourth-order valence-corrected chi connectivity index (χ4v) is 5.28. The van der Waals surface area contributed by atoms with Gasteiger partial charge in [0.25, 0.3) is 0 Å². The molecular formula is C21H28N2O. The van der Waals surface area contributed by atoms with Gasteiger partial charge in [-0.25, -0.2) is 0 Å². The summed E-state index contributed by atoms with van der Waals surface area (Å²) in [5, 5.41) is 4.60. The highest BCUT2D eigenvalue weighted by Crippen LogP contribution is 2.65. The molecule has 1 amide bonds. The molecule has 3 heteroatoms. The van der Waals surface area contributed by atoms with Crippen LogP contribution in [0.4, 0.5) is 0 Å². The number of fused-ring (bicyclic) bond motifs is 3. The highest BCUT2D eigenvalue weighted by Gasteiger charge is 2.61. The molecule has 0 unspecified atom stereocenters. The summed E-state index contributed by atoms with van der Waals surface area (Å²) in [5.74, 6) is 0.969. The molecule has 2 saturated carbocycles. The molecule has 2 aliphatic rings. The molecule has 3 atom stereocenters. The Kier molecular flexibility index (Phi) is 3.52. The van der Waals surface area contributed by atoms with E-state index in [-0.39, 0.29) is 11.3 Å². The van der Waals surface area contributed by atoms with E-state index in [2.05, 4.69) is 49.3 Å². The van der Waals surface area contributed by atoms with Crippen molar-refractivity contribution in [2.24, 2.45) is 16.7 Å². The van der Waals surface area contributed by atoms with E-state index in [1.165, 1.54) is 23.8 Å². The van der Waals surface area contributed by atoms with Gasteiger partial charge in [0, 0.05) is 29.6 Å². The number of amides is 1. The second-order valence-corrected chi connectivity index (χ2v) is 8.59. The number of para-hydroxylation sites is 1. The molecule has 4 rings (SSSR count). The number of rotatable bonds is 4. The minimum atomic E-state index is 0.204. The Bertz CT molecular complexity index is 775. The Morgan fingerprint density at radius 1 is 1.29 bits per heavy atom. The van der Waals surface area contributed by atoms with Crippen LogP contribution in [0.2, 0.25) is 0 Å². The molecule has 2 aromatic rings. The number of carbonyl (C=O) groups excluding carboxylic acids is 1. The van der Waals surface area contributed by atoms with Crippen molar-refractivity contribution in [3.05, 3.63) is 36.0 Å². The van der Waals surface area contributed by atoms with Gasteiger partial charge in [0.15, 0.2) is 0 Å². The number of hydrogen-bond acceptors (Lipinski definition) is 1.